The van der Waals surface area contributed by atoms with E-state index in [4.69, 9.17) is 5.73 Å². The smallest absolute Gasteiger partial charge is 0.243 e. The molecule has 4 N–H and O–H groups in total. The van der Waals surface area contributed by atoms with Crippen molar-refractivity contribution in [3.05, 3.63) is 0 Å². The van der Waals surface area contributed by atoms with Crippen molar-refractivity contribution in [1.82, 2.24) is 10.6 Å². The number of carbonyl (C=O) groups is 2. The highest BCUT2D eigenvalue weighted by Gasteiger charge is 2.40. The van der Waals surface area contributed by atoms with Gasteiger partial charge in [-0.2, -0.15) is 0 Å². The molecule has 2 amide bonds. The highest BCUT2D eigenvalue weighted by Crippen LogP contribution is 2.33. The minimum absolute atomic E-state index is 0.0157. The Balaban J connectivity index is 1.56. The summed E-state index contributed by atoms with van der Waals surface area (Å²) in [5.41, 5.74) is 4.80. The normalized spacial score (nSPS) is 34.4. The number of rotatable bonds is 4. The van der Waals surface area contributed by atoms with E-state index >= 15 is 0 Å². The Morgan fingerprint density at radius 2 is 1.71 bits per heavy atom. The second-order valence-corrected chi connectivity index (χ2v) is 7.23. The van der Waals surface area contributed by atoms with Gasteiger partial charge in [0.1, 0.15) is 5.54 Å². The molecular weight excluding hydrogens is 266 g/mol. The molecule has 2 unspecified atom stereocenters. The van der Waals surface area contributed by atoms with Crippen molar-refractivity contribution in [2.75, 3.05) is 0 Å². The van der Waals surface area contributed by atoms with E-state index < -0.39 is 5.54 Å². The Morgan fingerprint density at radius 3 is 2.29 bits per heavy atom. The van der Waals surface area contributed by atoms with E-state index in [-0.39, 0.29) is 11.8 Å². The summed E-state index contributed by atoms with van der Waals surface area (Å²) in [5, 5.41) is 6.59. The molecule has 118 valence electrons. The molecule has 2 bridgehead atoms. The number of carbonyl (C=O) groups excluding carboxylic acids is 2. The van der Waals surface area contributed by atoms with Crippen molar-refractivity contribution in [2.45, 2.75) is 81.8 Å². The monoisotopic (exact) mass is 293 g/mol. The molecule has 2 heterocycles. The van der Waals surface area contributed by atoms with E-state index in [1.54, 1.807) is 0 Å². The van der Waals surface area contributed by atoms with Crippen LogP contribution in [0.1, 0.15) is 64.2 Å². The lowest BCUT2D eigenvalue weighted by Gasteiger charge is -2.36. The lowest BCUT2D eigenvalue weighted by Crippen LogP contribution is -2.58. The van der Waals surface area contributed by atoms with Crippen molar-refractivity contribution in [3.8, 4) is 0 Å². The molecule has 5 nitrogen and oxygen atoms in total. The minimum atomic E-state index is -0.777. The van der Waals surface area contributed by atoms with Crippen LogP contribution in [-0.4, -0.2) is 29.4 Å². The first-order valence-electron chi connectivity index (χ1n) is 8.44. The maximum atomic E-state index is 12.4. The van der Waals surface area contributed by atoms with E-state index in [1.165, 1.54) is 12.8 Å². The van der Waals surface area contributed by atoms with Crippen LogP contribution in [0, 0.1) is 5.92 Å². The summed E-state index contributed by atoms with van der Waals surface area (Å²) in [6.45, 7) is 0. The zero-order chi connectivity index (χ0) is 14.9. The molecule has 5 heteroatoms. The van der Waals surface area contributed by atoms with E-state index in [0.29, 0.717) is 37.3 Å². The first-order valence-corrected chi connectivity index (χ1v) is 8.44. The van der Waals surface area contributed by atoms with Gasteiger partial charge >= 0.3 is 0 Å². The Kier molecular flexibility index (Phi) is 4.20. The molecule has 21 heavy (non-hydrogen) atoms. The van der Waals surface area contributed by atoms with Gasteiger partial charge in [0, 0.05) is 18.5 Å². The predicted molar refractivity (Wildman–Crippen MR) is 80.4 cm³/mol. The molecule has 3 fully saturated rings. The minimum Gasteiger partial charge on any atom is -0.368 e. The first-order chi connectivity index (χ1) is 10.1. The van der Waals surface area contributed by atoms with Crippen LogP contribution in [0.5, 0.6) is 0 Å². The number of nitrogens with two attached hydrogens (primary N) is 1. The number of primary amides is 1. The van der Waals surface area contributed by atoms with E-state index in [9.17, 15) is 9.59 Å². The summed E-state index contributed by atoms with van der Waals surface area (Å²) in [6, 6.07) is 1.20. The third-order valence-electron chi connectivity index (χ3n) is 5.60. The lowest BCUT2D eigenvalue weighted by molar-refractivity contribution is -0.133. The summed E-state index contributed by atoms with van der Waals surface area (Å²) in [7, 11) is 0. The van der Waals surface area contributed by atoms with Gasteiger partial charge in [-0.15, -0.1) is 0 Å². The number of hydrogen-bond donors (Lipinski definition) is 3. The Bertz CT molecular complexity index is 406. The Hall–Kier alpha value is -1.10. The summed E-state index contributed by atoms with van der Waals surface area (Å²) in [5.74, 6) is 0.111. The molecule has 0 aromatic heterocycles. The van der Waals surface area contributed by atoms with Crippen LogP contribution in [0.25, 0.3) is 0 Å². The third-order valence-corrected chi connectivity index (χ3v) is 5.60. The number of nitrogens with one attached hydrogen (secondary N) is 2. The lowest BCUT2D eigenvalue weighted by atomic mass is 9.80. The van der Waals surface area contributed by atoms with Gasteiger partial charge in [0.15, 0.2) is 0 Å². The summed E-state index contributed by atoms with van der Waals surface area (Å²) >= 11 is 0. The maximum absolute atomic E-state index is 12.4. The average molecular weight is 293 g/mol. The molecular formula is C16H27N3O2. The molecule has 1 aliphatic carbocycles. The van der Waals surface area contributed by atoms with Crippen LogP contribution in [0.15, 0.2) is 0 Å². The van der Waals surface area contributed by atoms with Gasteiger partial charge < -0.3 is 16.4 Å². The first kappa shape index (κ1) is 14.8. The zero-order valence-corrected chi connectivity index (χ0v) is 12.7. The summed E-state index contributed by atoms with van der Waals surface area (Å²) < 4.78 is 0. The van der Waals surface area contributed by atoms with E-state index in [0.717, 1.165) is 32.1 Å². The van der Waals surface area contributed by atoms with Crippen molar-refractivity contribution in [3.63, 3.8) is 0 Å². The highest BCUT2D eigenvalue weighted by molar-refractivity contribution is 5.90. The number of amides is 2. The largest absolute Gasteiger partial charge is 0.368 e. The number of piperidine rings is 1. The standard InChI is InChI=1S/C16H27N3O2/c17-15(21)16(6-2-1-3-7-16)19-14(20)10-11-8-12-4-5-13(9-11)18-12/h11-13,18H,1-10H2,(H2,17,21)(H,19,20). The van der Waals surface area contributed by atoms with Crippen LogP contribution >= 0.6 is 0 Å². The van der Waals surface area contributed by atoms with Gasteiger partial charge in [0.25, 0.3) is 0 Å². The van der Waals surface area contributed by atoms with Crippen LogP contribution in [0.2, 0.25) is 0 Å². The van der Waals surface area contributed by atoms with Crippen LogP contribution < -0.4 is 16.4 Å². The second-order valence-electron chi connectivity index (χ2n) is 7.23. The van der Waals surface area contributed by atoms with Gasteiger partial charge in [-0.05, 0) is 44.4 Å². The average Bonchev–Trinajstić information content (AvgIpc) is 2.78. The van der Waals surface area contributed by atoms with Crippen molar-refractivity contribution in [2.24, 2.45) is 11.7 Å². The van der Waals surface area contributed by atoms with Crippen molar-refractivity contribution < 1.29 is 9.59 Å². The topological polar surface area (TPSA) is 84.2 Å². The van der Waals surface area contributed by atoms with Crippen LogP contribution in [-0.2, 0) is 9.59 Å². The summed E-state index contributed by atoms with van der Waals surface area (Å²) in [4.78, 5) is 24.2. The molecule has 2 aliphatic heterocycles. The third kappa shape index (κ3) is 3.23. The Labute approximate surface area is 126 Å². The predicted octanol–water partition coefficient (Wildman–Crippen LogP) is 1.21. The van der Waals surface area contributed by atoms with Crippen LogP contribution in [0.4, 0.5) is 0 Å². The molecule has 2 atom stereocenters. The fourth-order valence-electron chi connectivity index (χ4n) is 4.51. The number of hydrogen-bond acceptors (Lipinski definition) is 3. The highest BCUT2D eigenvalue weighted by atomic mass is 16.2. The molecule has 0 spiro atoms. The molecule has 2 saturated heterocycles. The van der Waals surface area contributed by atoms with Gasteiger partial charge in [-0.25, -0.2) is 0 Å². The number of fused-ring (bicyclic) bond motifs is 2. The van der Waals surface area contributed by atoms with Gasteiger partial charge in [-0.1, -0.05) is 19.3 Å². The SMILES string of the molecule is NC(=O)C1(NC(=O)CC2CC3CCC(C2)N3)CCCCC1. The van der Waals surface area contributed by atoms with Gasteiger partial charge in [-0.3, -0.25) is 9.59 Å². The quantitative estimate of drug-likeness (QED) is 0.728. The van der Waals surface area contributed by atoms with Gasteiger partial charge in [0.05, 0.1) is 0 Å². The van der Waals surface area contributed by atoms with Crippen LogP contribution in [0.3, 0.4) is 0 Å². The molecule has 3 aliphatic rings. The van der Waals surface area contributed by atoms with Crippen molar-refractivity contribution in [1.29, 1.82) is 0 Å². The molecule has 0 radical (unpaired) electrons. The van der Waals surface area contributed by atoms with Gasteiger partial charge in [0.2, 0.25) is 11.8 Å². The molecule has 0 aromatic rings. The summed E-state index contributed by atoms with van der Waals surface area (Å²) in [6.07, 6.45) is 9.69. The zero-order valence-electron chi connectivity index (χ0n) is 12.7. The molecule has 1 saturated carbocycles. The Morgan fingerprint density at radius 1 is 1.10 bits per heavy atom. The molecule has 3 rings (SSSR count). The fourth-order valence-corrected chi connectivity index (χ4v) is 4.51. The second kappa shape index (κ2) is 5.95. The van der Waals surface area contributed by atoms with E-state index in [1.807, 2.05) is 0 Å². The maximum Gasteiger partial charge on any atom is 0.243 e. The van der Waals surface area contributed by atoms with Crippen molar-refractivity contribution >= 4 is 11.8 Å². The fraction of sp³-hybridized carbons (Fsp3) is 0.875. The van der Waals surface area contributed by atoms with E-state index in [2.05, 4.69) is 10.6 Å². The molecule has 0 aromatic carbocycles.